The summed E-state index contributed by atoms with van der Waals surface area (Å²) in [6.07, 6.45) is 0.509. The van der Waals surface area contributed by atoms with Gasteiger partial charge in [-0.05, 0) is 5.56 Å². The van der Waals surface area contributed by atoms with Crippen LogP contribution in [0.1, 0.15) is 18.4 Å². The summed E-state index contributed by atoms with van der Waals surface area (Å²) in [5.41, 5.74) is 1.11. The molecular weight excluding hydrogens is 286 g/mol. The summed E-state index contributed by atoms with van der Waals surface area (Å²) in [7, 11) is 1.49. The molecule has 0 spiro atoms. The number of rotatable bonds is 5. The Bertz CT molecular complexity index is 598. The Morgan fingerprint density at radius 2 is 2.00 bits per heavy atom. The summed E-state index contributed by atoms with van der Waals surface area (Å²) in [4.78, 5) is 34.7. The molecule has 0 aromatic heterocycles. The van der Waals surface area contributed by atoms with Crippen molar-refractivity contribution in [1.29, 1.82) is 0 Å². The van der Waals surface area contributed by atoms with Crippen LogP contribution in [0.2, 0.25) is 0 Å². The predicted octanol–water partition coefficient (Wildman–Crippen LogP) is 0.454. The maximum Gasteiger partial charge on any atom is 0.325 e. The number of hydrogen-bond acceptors (Lipinski definition) is 5. The van der Waals surface area contributed by atoms with Crippen LogP contribution >= 0.6 is 0 Å². The molecule has 0 saturated heterocycles. The summed E-state index contributed by atoms with van der Waals surface area (Å²) in [6.45, 7) is -0.0733. The Morgan fingerprint density at radius 3 is 2.68 bits per heavy atom. The molecule has 2 rings (SSSR count). The number of carbonyl (C=O) groups is 3. The first-order valence-corrected chi connectivity index (χ1v) is 6.88. The molecule has 7 heteroatoms. The normalized spacial score (nSPS) is 14.3. The monoisotopic (exact) mass is 303 g/mol. The molecule has 1 heterocycles. The van der Waals surface area contributed by atoms with Gasteiger partial charge >= 0.3 is 5.97 Å². The average Bonchev–Trinajstić information content (AvgIpc) is 2.54. The molecule has 2 amide bonds. The first-order chi connectivity index (χ1) is 10.6. The van der Waals surface area contributed by atoms with E-state index in [-0.39, 0.29) is 37.6 Å². The van der Waals surface area contributed by atoms with E-state index in [0.717, 1.165) is 10.6 Å². The quantitative estimate of drug-likeness (QED) is 0.800. The number of hydrazone groups is 1. The Morgan fingerprint density at radius 1 is 1.27 bits per heavy atom. The van der Waals surface area contributed by atoms with E-state index in [0.29, 0.717) is 0 Å². The van der Waals surface area contributed by atoms with Crippen molar-refractivity contribution in [2.45, 2.75) is 19.4 Å². The molecule has 7 nitrogen and oxygen atoms in total. The zero-order valence-corrected chi connectivity index (χ0v) is 12.2. The molecule has 1 aliphatic heterocycles. The average molecular weight is 303 g/mol. The molecule has 1 aliphatic rings. The van der Waals surface area contributed by atoms with Gasteiger partial charge in [-0.25, -0.2) is 5.01 Å². The third-order valence-electron chi connectivity index (χ3n) is 3.11. The van der Waals surface area contributed by atoms with E-state index < -0.39 is 11.9 Å². The topological polar surface area (TPSA) is 88.1 Å². The van der Waals surface area contributed by atoms with Crippen LogP contribution in [-0.2, 0) is 25.7 Å². The van der Waals surface area contributed by atoms with Gasteiger partial charge in [0.15, 0.2) is 0 Å². The van der Waals surface area contributed by atoms with Gasteiger partial charge in [0.25, 0.3) is 5.91 Å². The number of benzene rings is 1. The Balaban J connectivity index is 1.75. The maximum atomic E-state index is 11.8. The molecule has 1 aromatic rings. The van der Waals surface area contributed by atoms with Crippen LogP contribution in [-0.4, -0.2) is 42.1 Å². The molecule has 0 unspecified atom stereocenters. The largest absolute Gasteiger partial charge is 0.460 e. The molecule has 116 valence electrons. The Hall–Kier alpha value is -2.70. The number of carbonyl (C=O) groups excluding carboxylic acids is 3. The summed E-state index contributed by atoms with van der Waals surface area (Å²) in [5.74, 6) is -1.13. The third kappa shape index (κ3) is 4.41. The van der Waals surface area contributed by atoms with E-state index in [9.17, 15) is 14.4 Å². The second-order valence-corrected chi connectivity index (χ2v) is 4.79. The summed E-state index contributed by atoms with van der Waals surface area (Å²) < 4.78 is 5.05. The zero-order valence-electron chi connectivity index (χ0n) is 12.2. The fraction of sp³-hybridized carbons (Fsp3) is 0.333. The minimum Gasteiger partial charge on any atom is -0.460 e. The molecule has 0 aliphatic carbocycles. The minimum absolute atomic E-state index is 0.140. The van der Waals surface area contributed by atoms with Crippen LogP contribution in [0.15, 0.2) is 35.4 Å². The summed E-state index contributed by atoms with van der Waals surface area (Å²) in [6, 6.07) is 9.26. The summed E-state index contributed by atoms with van der Waals surface area (Å²) in [5, 5.41) is 7.44. The fourth-order valence-corrected chi connectivity index (χ4v) is 1.88. The lowest BCUT2D eigenvalue weighted by Crippen LogP contribution is -2.39. The van der Waals surface area contributed by atoms with Gasteiger partial charge in [-0.1, -0.05) is 30.3 Å². The van der Waals surface area contributed by atoms with Crippen LogP contribution < -0.4 is 5.32 Å². The van der Waals surface area contributed by atoms with E-state index >= 15 is 0 Å². The molecular formula is C15H17N3O4. The van der Waals surface area contributed by atoms with Crippen molar-refractivity contribution in [2.75, 3.05) is 13.6 Å². The third-order valence-corrected chi connectivity index (χ3v) is 3.11. The Kier molecular flexibility index (Phi) is 5.24. The second-order valence-electron chi connectivity index (χ2n) is 4.79. The van der Waals surface area contributed by atoms with Crippen molar-refractivity contribution in [3.05, 3.63) is 35.9 Å². The van der Waals surface area contributed by atoms with Gasteiger partial charge in [0.05, 0.1) is 0 Å². The standard InChI is InChI=1S/C15H17N3O4/c1-18-13(19)8-7-12(17-18)15(21)16-9-14(20)22-10-11-5-3-2-4-6-11/h2-6H,7-10H2,1H3,(H,16,21). The number of amides is 2. The molecule has 0 saturated carbocycles. The Labute approximate surface area is 127 Å². The molecule has 0 atom stereocenters. The van der Waals surface area contributed by atoms with E-state index in [1.165, 1.54) is 7.05 Å². The highest BCUT2D eigenvalue weighted by Gasteiger charge is 2.22. The van der Waals surface area contributed by atoms with Crippen LogP contribution in [0, 0.1) is 0 Å². The van der Waals surface area contributed by atoms with Gasteiger partial charge in [-0.2, -0.15) is 5.10 Å². The molecule has 1 N–H and O–H groups in total. The molecule has 22 heavy (non-hydrogen) atoms. The van der Waals surface area contributed by atoms with E-state index in [2.05, 4.69) is 10.4 Å². The van der Waals surface area contributed by atoms with Crippen molar-refractivity contribution in [3.63, 3.8) is 0 Å². The van der Waals surface area contributed by atoms with Crippen LogP contribution in [0.3, 0.4) is 0 Å². The van der Waals surface area contributed by atoms with Crippen molar-refractivity contribution in [2.24, 2.45) is 5.10 Å². The lowest BCUT2D eigenvalue weighted by Gasteiger charge is -2.18. The smallest absolute Gasteiger partial charge is 0.325 e. The van der Waals surface area contributed by atoms with E-state index in [4.69, 9.17) is 4.74 Å². The zero-order chi connectivity index (χ0) is 15.9. The van der Waals surface area contributed by atoms with Gasteiger partial charge < -0.3 is 10.1 Å². The second kappa shape index (κ2) is 7.35. The molecule has 0 radical (unpaired) electrons. The van der Waals surface area contributed by atoms with Gasteiger partial charge in [-0.3, -0.25) is 14.4 Å². The van der Waals surface area contributed by atoms with Crippen LogP contribution in [0.4, 0.5) is 0 Å². The van der Waals surface area contributed by atoms with Gasteiger partial charge in [0.1, 0.15) is 18.9 Å². The lowest BCUT2D eigenvalue weighted by atomic mass is 10.1. The lowest BCUT2D eigenvalue weighted by molar-refractivity contribution is -0.144. The molecule has 0 fully saturated rings. The highest BCUT2D eigenvalue weighted by molar-refractivity contribution is 6.39. The number of hydrogen-bond donors (Lipinski definition) is 1. The highest BCUT2D eigenvalue weighted by atomic mass is 16.5. The van der Waals surface area contributed by atoms with Crippen molar-refractivity contribution in [1.82, 2.24) is 10.3 Å². The predicted molar refractivity (Wildman–Crippen MR) is 78.7 cm³/mol. The number of nitrogens with zero attached hydrogens (tertiary/aromatic N) is 2. The number of ether oxygens (including phenoxy) is 1. The van der Waals surface area contributed by atoms with E-state index in [1.807, 2.05) is 30.3 Å². The molecule has 0 bridgehead atoms. The van der Waals surface area contributed by atoms with Crippen molar-refractivity contribution in [3.8, 4) is 0 Å². The van der Waals surface area contributed by atoms with Crippen molar-refractivity contribution < 1.29 is 19.1 Å². The van der Waals surface area contributed by atoms with E-state index in [1.54, 1.807) is 0 Å². The minimum atomic E-state index is -0.530. The van der Waals surface area contributed by atoms with Gasteiger partial charge in [0.2, 0.25) is 5.91 Å². The SMILES string of the molecule is CN1N=C(C(=O)NCC(=O)OCc2ccccc2)CCC1=O. The number of nitrogens with one attached hydrogen (secondary N) is 1. The van der Waals surface area contributed by atoms with Gasteiger partial charge in [0, 0.05) is 19.9 Å². The summed E-state index contributed by atoms with van der Waals surface area (Å²) >= 11 is 0. The van der Waals surface area contributed by atoms with Crippen molar-refractivity contribution >= 4 is 23.5 Å². The first kappa shape index (κ1) is 15.7. The maximum absolute atomic E-state index is 11.8. The fourth-order valence-electron chi connectivity index (χ4n) is 1.88. The molecule has 1 aromatic carbocycles. The number of esters is 1. The first-order valence-electron chi connectivity index (χ1n) is 6.88. The van der Waals surface area contributed by atoms with Crippen LogP contribution in [0.5, 0.6) is 0 Å². The highest BCUT2D eigenvalue weighted by Crippen LogP contribution is 2.06. The van der Waals surface area contributed by atoms with Gasteiger partial charge in [-0.15, -0.1) is 0 Å². The van der Waals surface area contributed by atoms with Crippen LogP contribution in [0.25, 0.3) is 0 Å².